The first-order valence-electron chi connectivity index (χ1n) is 9.92. The van der Waals surface area contributed by atoms with E-state index in [1.165, 1.54) is 33.5 Å². The van der Waals surface area contributed by atoms with Gasteiger partial charge in [-0.05, 0) is 12.1 Å². The van der Waals surface area contributed by atoms with Crippen LogP contribution in [0.3, 0.4) is 0 Å². The first-order chi connectivity index (χ1) is 15.6. The molecule has 1 aliphatic rings. The van der Waals surface area contributed by atoms with E-state index in [-0.39, 0.29) is 11.3 Å². The smallest absolute Gasteiger partial charge is 0.340 e. The number of imidazole rings is 1. The zero-order valence-electron chi connectivity index (χ0n) is 17.9. The summed E-state index contributed by atoms with van der Waals surface area (Å²) in [4.78, 5) is 39.5. The second kappa shape index (κ2) is 8.96. The molecule has 1 atom stereocenters. The number of pyridine rings is 1. The molecule has 0 bridgehead atoms. The molecule has 2 N–H and O–H groups in total. The molecule has 2 aromatic heterocycles. The first kappa shape index (κ1) is 21.2. The molecule has 32 heavy (non-hydrogen) atoms. The summed E-state index contributed by atoms with van der Waals surface area (Å²) in [6.45, 7) is 0.434. The minimum absolute atomic E-state index is 0.144. The molecule has 1 aliphatic heterocycles. The lowest BCUT2D eigenvalue weighted by Crippen LogP contribution is -2.43. The van der Waals surface area contributed by atoms with Gasteiger partial charge in [-0.3, -0.25) is 4.98 Å². The Labute approximate surface area is 184 Å². The topological polar surface area (TPSA) is 119 Å². The quantitative estimate of drug-likeness (QED) is 0.589. The van der Waals surface area contributed by atoms with Crippen LogP contribution in [0.1, 0.15) is 33.5 Å². The number of amides is 2. The number of rotatable bonds is 5. The van der Waals surface area contributed by atoms with Gasteiger partial charge in [-0.2, -0.15) is 0 Å². The highest BCUT2D eigenvalue weighted by atomic mass is 16.5. The number of H-pyrrole nitrogens is 1. The van der Waals surface area contributed by atoms with Crippen molar-refractivity contribution in [1.29, 1.82) is 0 Å². The van der Waals surface area contributed by atoms with E-state index in [4.69, 9.17) is 14.2 Å². The second-order valence-corrected chi connectivity index (χ2v) is 7.04. The van der Waals surface area contributed by atoms with Gasteiger partial charge in [0.05, 0.1) is 50.3 Å². The normalized spacial score (nSPS) is 15.0. The lowest BCUT2D eigenvalue weighted by atomic mass is 9.99. The van der Waals surface area contributed by atoms with E-state index in [9.17, 15) is 9.59 Å². The van der Waals surface area contributed by atoms with Crippen molar-refractivity contribution in [2.24, 2.45) is 0 Å². The predicted octanol–water partition coefficient (Wildman–Crippen LogP) is 2.79. The molecule has 0 spiro atoms. The Kier molecular flexibility index (Phi) is 5.93. The van der Waals surface area contributed by atoms with Gasteiger partial charge in [-0.15, -0.1) is 0 Å². The lowest BCUT2D eigenvalue weighted by molar-refractivity contribution is 0.0601. The second-order valence-electron chi connectivity index (χ2n) is 7.04. The van der Waals surface area contributed by atoms with Crippen LogP contribution in [0.5, 0.6) is 11.5 Å². The Morgan fingerprint density at radius 2 is 1.91 bits per heavy atom. The number of carbonyl (C=O) groups is 2. The fourth-order valence-electron chi connectivity index (χ4n) is 3.78. The number of esters is 1. The maximum absolute atomic E-state index is 13.4. The van der Waals surface area contributed by atoms with E-state index >= 15 is 0 Å². The molecule has 3 heterocycles. The summed E-state index contributed by atoms with van der Waals surface area (Å²) in [6.07, 6.45) is 3.91. The maximum atomic E-state index is 13.4. The van der Waals surface area contributed by atoms with Crippen LogP contribution < -0.4 is 14.8 Å². The van der Waals surface area contributed by atoms with E-state index in [0.717, 1.165) is 11.4 Å². The molecular formula is C22H23N5O5. The number of urea groups is 1. The molecular weight excluding hydrogens is 414 g/mol. The number of aromatic nitrogens is 3. The highest BCUT2D eigenvalue weighted by Crippen LogP contribution is 2.36. The van der Waals surface area contributed by atoms with E-state index < -0.39 is 18.0 Å². The standard InChI is InChI=1S/C22H23N5O5/c1-30-17-10-13(21(28)32-3)16(11-18(17)31-2)26-22(29)27-9-7-14-19(25-12-24-14)20(27)15-6-4-5-8-23-15/h4-6,8,10-12,20H,7,9H2,1-3H3,(H,24,25)(H,26,29)/t20-/m1/s1. The Hall–Kier alpha value is -4.08. The van der Waals surface area contributed by atoms with Crippen LogP contribution in [0.25, 0.3) is 0 Å². The largest absolute Gasteiger partial charge is 0.493 e. The molecule has 2 amide bonds. The number of fused-ring (bicyclic) bond motifs is 1. The Morgan fingerprint density at radius 1 is 1.12 bits per heavy atom. The predicted molar refractivity (Wildman–Crippen MR) is 115 cm³/mol. The number of hydrogen-bond donors (Lipinski definition) is 2. The van der Waals surface area contributed by atoms with Crippen molar-refractivity contribution in [2.45, 2.75) is 12.5 Å². The van der Waals surface area contributed by atoms with Crippen molar-refractivity contribution < 1.29 is 23.8 Å². The van der Waals surface area contributed by atoms with Crippen LogP contribution in [-0.2, 0) is 11.2 Å². The van der Waals surface area contributed by atoms with Gasteiger partial charge in [-0.1, -0.05) is 6.07 Å². The Morgan fingerprint density at radius 3 is 2.59 bits per heavy atom. The summed E-state index contributed by atoms with van der Waals surface area (Å²) in [5.41, 5.74) is 2.78. The third-order valence-corrected chi connectivity index (χ3v) is 5.32. The Bertz CT molecular complexity index is 1130. The van der Waals surface area contributed by atoms with Gasteiger partial charge in [0.15, 0.2) is 11.5 Å². The fourth-order valence-corrected chi connectivity index (χ4v) is 3.78. The number of ether oxygens (including phenoxy) is 3. The SMILES string of the molecule is COC(=O)c1cc(OC)c(OC)cc1NC(=O)N1CCc2[nH]cnc2[C@H]1c1ccccn1. The molecule has 0 saturated carbocycles. The van der Waals surface area contributed by atoms with Crippen molar-refractivity contribution in [1.82, 2.24) is 19.9 Å². The zero-order valence-corrected chi connectivity index (χ0v) is 17.9. The summed E-state index contributed by atoms with van der Waals surface area (Å²) in [5.74, 6) is 0.0946. The van der Waals surface area contributed by atoms with Crippen LogP contribution in [0, 0.1) is 0 Å². The Balaban J connectivity index is 1.71. The van der Waals surface area contributed by atoms with Crippen LogP contribution >= 0.6 is 0 Å². The van der Waals surface area contributed by atoms with E-state index in [1.807, 2.05) is 18.2 Å². The molecule has 0 saturated heterocycles. The maximum Gasteiger partial charge on any atom is 0.340 e. The average Bonchev–Trinajstić information content (AvgIpc) is 3.32. The molecule has 166 valence electrons. The number of hydrogen-bond acceptors (Lipinski definition) is 7. The number of carbonyl (C=O) groups excluding carboxylic acids is 2. The number of benzene rings is 1. The molecule has 0 radical (unpaired) electrons. The fraction of sp³-hybridized carbons (Fsp3) is 0.273. The van der Waals surface area contributed by atoms with E-state index in [1.54, 1.807) is 17.4 Å². The van der Waals surface area contributed by atoms with Gasteiger partial charge in [-0.25, -0.2) is 14.6 Å². The molecule has 4 rings (SSSR count). The molecule has 0 unspecified atom stereocenters. The summed E-state index contributed by atoms with van der Waals surface area (Å²) in [7, 11) is 4.21. The van der Waals surface area contributed by atoms with Crippen molar-refractivity contribution in [3.63, 3.8) is 0 Å². The monoisotopic (exact) mass is 437 g/mol. The van der Waals surface area contributed by atoms with Crippen LogP contribution in [0.4, 0.5) is 10.5 Å². The van der Waals surface area contributed by atoms with Crippen molar-refractivity contribution in [2.75, 3.05) is 33.2 Å². The van der Waals surface area contributed by atoms with Gasteiger partial charge in [0.1, 0.15) is 6.04 Å². The first-order valence-corrected chi connectivity index (χ1v) is 9.92. The van der Waals surface area contributed by atoms with E-state index in [0.29, 0.717) is 30.2 Å². The van der Waals surface area contributed by atoms with Gasteiger partial charge < -0.3 is 29.4 Å². The zero-order chi connectivity index (χ0) is 22.7. The number of anilines is 1. The molecule has 0 fully saturated rings. The minimum atomic E-state index is -0.615. The average molecular weight is 437 g/mol. The highest BCUT2D eigenvalue weighted by Gasteiger charge is 2.35. The highest BCUT2D eigenvalue weighted by molar-refractivity contribution is 6.02. The van der Waals surface area contributed by atoms with Gasteiger partial charge in [0, 0.05) is 37.0 Å². The summed E-state index contributed by atoms with van der Waals surface area (Å²) >= 11 is 0. The van der Waals surface area contributed by atoms with Gasteiger partial charge >= 0.3 is 12.0 Å². The number of nitrogens with zero attached hydrogens (tertiary/aromatic N) is 3. The van der Waals surface area contributed by atoms with Crippen molar-refractivity contribution in [3.8, 4) is 11.5 Å². The third kappa shape index (κ3) is 3.82. The summed E-state index contributed by atoms with van der Waals surface area (Å²) < 4.78 is 15.5. The number of methoxy groups -OCH3 is 3. The van der Waals surface area contributed by atoms with Crippen molar-refractivity contribution in [3.05, 3.63) is 65.5 Å². The van der Waals surface area contributed by atoms with Crippen molar-refractivity contribution >= 4 is 17.7 Å². The van der Waals surface area contributed by atoms with Gasteiger partial charge in [0.2, 0.25) is 0 Å². The van der Waals surface area contributed by atoms with E-state index in [2.05, 4.69) is 20.3 Å². The van der Waals surface area contributed by atoms with Gasteiger partial charge in [0.25, 0.3) is 0 Å². The number of aromatic amines is 1. The number of nitrogens with one attached hydrogen (secondary N) is 2. The van der Waals surface area contributed by atoms with Crippen LogP contribution in [0.15, 0.2) is 42.9 Å². The summed E-state index contributed by atoms with van der Waals surface area (Å²) in [5, 5.41) is 2.83. The lowest BCUT2D eigenvalue weighted by Gasteiger charge is -2.34. The molecule has 0 aliphatic carbocycles. The molecule has 10 nitrogen and oxygen atoms in total. The van der Waals surface area contributed by atoms with Crippen LogP contribution in [-0.4, -0.2) is 59.7 Å². The minimum Gasteiger partial charge on any atom is -0.493 e. The molecule has 10 heteroatoms. The molecule has 1 aromatic carbocycles. The third-order valence-electron chi connectivity index (χ3n) is 5.32. The summed E-state index contributed by atoms with van der Waals surface area (Å²) in [6, 6.07) is 7.64. The van der Waals surface area contributed by atoms with Crippen LogP contribution in [0.2, 0.25) is 0 Å². The molecule has 3 aromatic rings.